The molecule has 1 aromatic carbocycles. The molecule has 1 N–H and O–H groups in total. The van der Waals surface area contributed by atoms with E-state index in [4.69, 9.17) is 27.9 Å². The highest BCUT2D eigenvalue weighted by Gasteiger charge is 2.42. The van der Waals surface area contributed by atoms with Crippen LogP contribution in [0.3, 0.4) is 0 Å². The number of amides is 1. The summed E-state index contributed by atoms with van der Waals surface area (Å²) >= 11 is 12.2. The smallest absolute Gasteiger partial charge is 0.267 e. The van der Waals surface area contributed by atoms with Gasteiger partial charge in [0.25, 0.3) is 5.91 Å². The number of halogens is 3. The highest BCUT2D eigenvalue weighted by atomic mass is 35.5. The van der Waals surface area contributed by atoms with Crippen LogP contribution in [-0.4, -0.2) is 44.3 Å². The van der Waals surface area contributed by atoms with Gasteiger partial charge in [-0.25, -0.2) is 22.5 Å². The lowest BCUT2D eigenvalue weighted by Gasteiger charge is -2.48. The number of pyridine rings is 1. The Morgan fingerprint density at radius 2 is 1.94 bits per heavy atom. The average Bonchev–Trinajstić information content (AvgIpc) is 3.61. The molecule has 0 bridgehead atoms. The van der Waals surface area contributed by atoms with Crippen molar-refractivity contribution in [2.45, 2.75) is 43.8 Å². The number of sulfonamides is 1. The summed E-state index contributed by atoms with van der Waals surface area (Å²) in [6.45, 7) is 3.71. The van der Waals surface area contributed by atoms with Gasteiger partial charge < -0.3 is 9.64 Å². The topological polar surface area (TPSA) is 88.6 Å². The quantitative estimate of drug-likeness (QED) is 0.542. The van der Waals surface area contributed by atoms with Crippen LogP contribution in [0.1, 0.15) is 54.4 Å². The molecule has 2 heterocycles. The first-order chi connectivity index (χ1) is 16.0. The fraction of sp³-hybridized carbons (Fsp3) is 0.478. The minimum absolute atomic E-state index is 0.171. The van der Waals surface area contributed by atoms with E-state index in [0.717, 1.165) is 18.4 Å². The molecule has 1 amide bonds. The molecule has 3 aliphatic rings. The molecule has 3 fully saturated rings. The molecule has 7 nitrogen and oxygen atoms in total. The molecule has 182 valence electrons. The van der Waals surface area contributed by atoms with Crippen LogP contribution >= 0.6 is 23.2 Å². The van der Waals surface area contributed by atoms with Gasteiger partial charge in [-0.2, -0.15) is 0 Å². The molecule has 0 unspecified atom stereocenters. The molecule has 0 atom stereocenters. The fourth-order valence-corrected chi connectivity index (χ4v) is 6.03. The van der Waals surface area contributed by atoms with Gasteiger partial charge in [0.1, 0.15) is 17.4 Å². The van der Waals surface area contributed by atoms with Gasteiger partial charge >= 0.3 is 0 Å². The van der Waals surface area contributed by atoms with Gasteiger partial charge in [0.05, 0.1) is 27.5 Å². The van der Waals surface area contributed by atoms with Crippen LogP contribution in [0.2, 0.25) is 10.0 Å². The standard InChI is InChI=1S/C23H24Cl2FN3O4S/c1-23(10-29(11-23)21-18(25)6-14(24)9-27-21)12-33-20-8-19(26)17(7-16(20)13-2-3-13)22(30)28-34(31,32)15-4-5-15/h6-9,13,15H,2-5,10-12H2,1H3,(H,28,30). The fourth-order valence-electron chi connectivity index (χ4n) is 4.24. The summed E-state index contributed by atoms with van der Waals surface area (Å²) in [5.41, 5.74) is 0.261. The van der Waals surface area contributed by atoms with Crippen molar-refractivity contribution in [3.8, 4) is 5.75 Å². The van der Waals surface area contributed by atoms with Crippen LogP contribution in [0.4, 0.5) is 10.2 Å². The van der Waals surface area contributed by atoms with Crippen molar-refractivity contribution < 1.29 is 22.3 Å². The Kier molecular flexibility index (Phi) is 5.93. The van der Waals surface area contributed by atoms with Crippen molar-refractivity contribution >= 4 is 45.0 Å². The normalized spacial score (nSPS) is 19.5. The van der Waals surface area contributed by atoms with E-state index in [1.54, 1.807) is 12.3 Å². The van der Waals surface area contributed by atoms with Crippen molar-refractivity contribution in [3.05, 3.63) is 51.4 Å². The number of nitrogens with one attached hydrogen (secondary N) is 1. The van der Waals surface area contributed by atoms with Gasteiger partial charge in [0.2, 0.25) is 10.0 Å². The molecule has 0 spiro atoms. The number of hydrogen-bond acceptors (Lipinski definition) is 6. The molecule has 0 radical (unpaired) electrons. The van der Waals surface area contributed by atoms with E-state index in [9.17, 15) is 17.6 Å². The molecule has 1 aliphatic heterocycles. The Morgan fingerprint density at radius 1 is 1.24 bits per heavy atom. The zero-order valence-electron chi connectivity index (χ0n) is 18.5. The molecule has 2 saturated carbocycles. The SMILES string of the molecule is CC1(COc2cc(F)c(C(=O)NS(=O)(=O)C3CC3)cc2C2CC2)CN(c2ncc(Cl)cc2Cl)C1. The van der Waals surface area contributed by atoms with Crippen molar-refractivity contribution in [2.75, 3.05) is 24.6 Å². The molecule has 2 aromatic rings. The number of rotatable bonds is 8. The number of hydrogen-bond donors (Lipinski definition) is 1. The second kappa shape index (κ2) is 8.53. The maximum atomic E-state index is 14.9. The number of carbonyl (C=O) groups excluding carboxylic acids is 1. The monoisotopic (exact) mass is 527 g/mol. The highest BCUT2D eigenvalue weighted by molar-refractivity contribution is 7.91. The van der Waals surface area contributed by atoms with Crippen molar-refractivity contribution in [2.24, 2.45) is 5.41 Å². The zero-order valence-corrected chi connectivity index (χ0v) is 20.8. The minimum Gasteiger partial charge on any atom is -0.492 e. The lowest BCUT2D eigenvalue weighted by Crippen LogP contribution is -2.58. The van der Waals surface area contributed by atoms with Crippen LogP contribution in [0.5, 0.6) is 5.75 Å². The second-order valence-electron chi connectivity index (χ2n) is 9.73. The number of ether oxygens (including phenoxy) is 1. The number of aromatic nitrogens is 1. The minimum atomic E-state index is -3.76. The summed E-state index contributed by atoms with van der Waals surface area (Å²) < 4.78 is 47.1. The Hall–Kier alpha value is -2.10. The van der Waals surface area contributed by atoms with Crippen LogP contribution in [0.25, 0.3) is 0 Å². The van der Waals surface area contributed by atoms with Crippen LogP contribution in [0, 0.1) is 11.2 Å². The Balaban J connectivity index is 1.28. The first kappa shape index (κ1) is 23.6. The number of nitrogens with zero attached hydrogens (tertiary/aromatic N) is 2. The van der Waals surface area contributed by atoms with Crippen LogP contribution in [0.15, 0.2) is 24.4 Å². The molecular formula is C23H24Cl2FN3O4S. The van der Waals surface area contributed by atoms with Crippen LogP contribution in [-0.2, 0) is 10.0 Å². The lowest BCUT2D eigenvalue weighted by atomic mass is 9.83. The summed E-state index contributed by atoms with van der Waals surface area (Å²) in [6, 6.07) is 4.28. The summed E-state index contributed by atoms with van der Waals surface area (Å²) in [4.78, 5) is 18.8. The third-order valence-electron chi connectivity index (χ3n) is 6.37. The Bertz CT molecular complexity index is 1260. The molecule has 11 heteroatoms. The molecular weight excluding hydrogens is 504 g/mol. The van der Waals surface area contributed by atoms with Gasteiger partial charge in [0, 0.05) is 30.8 Å². The van der Waals surface area contributed by atoms with Crippen molar-refractivity contribution in [1.29, 1.82) is 0 Å². The number of benzene rings is 1. The van der Waals surface area contributed by atoms with E-state index in [0.29, 0.717) is 54.2 Å². The van der Waals surface area contributed by atoms with Crippen molar-refractivity contribution in [1.82, 2.24) is 9.71 Å². The van der Waals surface area contributed by atoms with E-state index in [1.165, 1.54) is 12.1 Å². The molecule has 1 saturated heterocycles. The lowest BCUT2D eigenvalue weighted by molar-refractivity contribution is 0.0976. The predicted molar refractivity (Wildman–Crippen MR) is 128 cm³/mol. The van der Waals surface area contributed by atoms with Gasteiger partial charge in [-0.15, -0.1) is 0 Å². The average molecular weight is 528 g/mol. The maximum absolute atomic E-state index is 14.9. The summed E-state index contributed by atoms with van der Waals surface area (Å²) in [7, 11) is -3.76. The molecule has 5 rings (SSSR count). The third-order valence-corrected chi connectivity index (χ3v) is 8.67. The highest BCUT2D eigenvalue weighted by Crippen LogP contribution is 2.46. The van der Waals surface area contributed by atoms with E-state index >= 15 is 0 Å². The van der Waals surface area contributed by atoms with E-state index in [2.05, 4.69) is 11.9 Å². The first-order valence-electron chi connectivity index (χ1n) is 11.1. The first-order valence-corrected chi connectivity index (χ1v) is 13.4. The number of anilines is 1. The Labute approximate surface area is 207 Å². The van der Waals surface area contributed by atoms with E-state index < -0.39 is 27.0 Å². The van der Waals surface area contributed by atoms with E-state index in [1.807, 2.05) is 9.62 Å². The van der Waals surface area contributed by atoms with Gasteiger partial charge in [-0.05, 0) is 49.3 Å². The van der Waals surface area contributed by atoms with E-state index in [-0.39, 0.29) is 16.9 Å². The summed E-state index contributed by atoms with van der Waals surface area (Å²) in [5.74, 6) is -0.522. The third kappa shape index (κ3) is 4.83. The van der Waals surface area contributed by atoms with Gasteiger partial charge in [-0.3, -0.25) is 4.79 Å². The zero-order chi connectivity index (χ0) is 24.3. The largest absolute Gasteiger partial charge is 0.492 e. The maximum Gasteiger partial charge on any atom is 0.267 e. The van der Waals surface area contributed by atoms with Gasteiger partial charge in [-0.1, -0.05) is 30.1 Å². The Morgan fingerprint density at radius 3 is 2.56 bits per heavy atom. The molecule has 2 aliphatic carbocycles. The second-order valence-corrected chi connectivity index (χ2v) is 12.5. The van der Waals surface area contributed by atoms with Crippen LogP contribution < -0.4 is 14.4 Å². The van der Waals surface area contributed by atoms with Gasteiger partial charge in [0.15, 0.2) is 0 Å². The molecule has 1 aromatic heterocycles. The summed E-state index contributed by atoms with van der Waals surface area (Å²) in [5, 5.41) is 0.383. The van der Waals surface area contributed by atoms with Crippen molar-refractivity contribution in [3.63, 3.8) is 0 Å². The predicted octanol–water partition coefficient (Wildman–Crippen LogP) is 4.53. The summed E-state index contributed by atoms with van der Waals surface area (Å²) in [6.07, 6.45) is 4.40. The number of carbonyl (C=O) groups is 1. The molecule has 34 heavy (non-hydrogen) atoms.